The predicted octanol–water partition coefficient (Wildman–Crippen LogP) is 5.99. The highest BCUT2D eigenvalue weighted by molar-refractivity contribution is 6.74. The first-order valence-electron chi connectivity index (χ1n) is 8.37. The molecule has 0 saturated heterocycles. The molecule has 0 amide bonds. The molecule has 2 aromatic rings. The van der Waals surface area contributed by atoms with Gasteiger partial charge in [0, 0.05) is 11.1 Å². The number of terminal acetylenes is 1. The fraction of sp³-hybridized carbons (Fsp3) is 0.429. The van der Waals surface area contributed by atoms with Gasteiger partial charge in [-0.2, -0.15) is 0 Å². The Morgan fingerprint density at radius 2 is 1.79 bits per heavy atom. The van der Waals surface area contributed by atoms with Crippen LogP contribution in [0.2, 0.25) is 18.1 Å². The topological polar surface area (TPSA) is 22.4 Å². The molecule has 0 aliphatic heterocycles. The van der Waals surface area contributed by atoms with Crippen molar-refractivity contribution in [3.05, 3.63) is 58.5 Å². The van der Waals surface area contributed by atoms with Crippen LogP contribution in [0.15, 0.2) is 34.7 Å². The molecular formula is C21H28O2Si. The zero-order chi connectivity index (χ0) is 18.1. The van der Waals surface area contributed by atoms with Crippen molar-refractivity contribution in [1.29, 1.82) is 0 Å². The predicted molar refractivity (Wildman–Crippen MR) is 103 cm³/mol. The average Bonchev–Trinajstić information content (AvgIpc) is 2.83. The Balaban J connectivity index is 2.56. The lowest BCUT2D eigenvalue weighted by Gasteiger charge is -2.39. The van der Waals surface area contributed by atoms with Crippen LogP contribution in [-0.2, 0) is 4.43 Å². The van der Waals surface area contributed by atoms with Gasteiger partial charge in [0.1, 0.15) is 17.6 Å². The summed E-state index contributed by atoms with van der Waals surface area (Å²) in [7, 11) is -2.01. The highest BCUT2D eigenvalue weighted by atomic mass is 28.4. The molecule has 0 bridgehead atoms. The van der Waals surface area contributed by atoms with E-state index in [1.165, 1.54) is 0 Å². The summed E-state index contributed by atoms with van der Waals surface area (Å²) < 4.78 is 12.8. The molecule has 1 aromatic carbocycles. The van der Waals surface area contributed by atoms with Gasteiger partial charge < -0.3 is 8.84 Å². The van der Waals surface area contributed by atoms with E-state index in [0.29, 0.717) is 0 Å². The Bertz CT molecular complexity index is 737. The minimum Gasteiger partial charge on any atom is -0.463 e. The second-order valence-electron chi connectivity index (χ2n) is 7.88. The van der Waals surface area contributed by atoms with Crippen LogP contribution < -0.4 is 0 Å². The number of benzene rings is 1. The molecule has 3 heteroatoms. The standard InChI is InChI=1S/C21H28O2Si/c1-9-17-12-10-11-13-18(17)20(19-14-15(2)16(3)22-19)23-24(7,8)21(4,5)6/h1,10-14,20H,2-8H3. The summed E-state index contributed by atoms with van der Waals surface area (Å²) in [6, 6.07) is 10.0. The Hall–Kier alpha value is -1.76. The fourth-order valence-electron chi connectivity index (χ4n) is 2.33. The van der Waals surface area contributed by atoms with Crippen molar-refractivity contribution in [3.8, 4) is 12.3 Å². The molecule has 0 N–H and O–H groups in total. The second-order valence-corrected chi connectivity index (χ2v) is 12.6. The summed E-state index contributed by atoms with van der Waals surface area (Å²) in [6.07, 6.45) is 5.45. The molecule has 1 unspecified atom stereocenters. The lowest BCUT2D eigenvalue weighted by atomic mass is 10.0. The van der Waals surface area contributed by atoms with Crippen LogP contribution in [0.4, 0.5) is 0 Å². The molecule has 1 heterocycles. The van der Waals surface area contributed by atoms with Gasteiger partial charge in [-0.15, -0.1) is 6.42 Å². The molecule has 0 spiro atoms. The third-order valence-corrected chi connectivity index (χ3v) is 9.50. The fourth-order valence-corrected chi connectivity index (χ4v) is 3.52. The van der Waals surface area contributed by atoms with Crippen LogP contribution in [-0.4, -0.2) is 8.32 Å². The lowest BCUT2D eigenvalue weighted by molar-refractivity contribution is 0.191. The first kappa shape index (κ1) is 18.6. The Morgan fingerprint density at radius 3 is 2.29 bits per heavy atom. The van der Waals surface area contributed by atoms with Crippen LogP contribution in [0.3, 0.4) is 0 Å². The highest BCUT2D eigenvalue weighted by Gasteiger charge is 2.41. The van der Waals surface area contributed by atoms with Gasteiger partial charge in [-0.25, -0.2) is 0 Å². The third kappa shape index (κ3) is 3.66. The number of rotatable bonds is 4. The van der Waals surface area contributed by atoms with E-state index in [-0.39, 0.29) is 11.1 Å². The van der Waals surface area contributed by atoms with Crippen LogP contribution >= 0.6 is 0 Å². The molecule has 0 fully saturated rings. The number of hydrogen-bond donors (Lipinski definition) is 0. The Morgan fingerprint density at radius 1 is 1.17 bits per heavy atom. The van der Waals surface area contributed by atoms with E-state index in [0.717, 1.165) is 28.2 Å². The summed E-state index contributed by atoms with van der Waals surface area (Å²) >= 11 is 0. The number of aryl methyl sites for hydroxylation is 2. The van der Waals surface area contributed by atoms with Crippen molar-refractivity contribution < 1.29 is 8.84 Å². The minimum atomic E-state index is -2.01. The van der Waals surface area contributed by atoms with Gasteiger partial charge in [0.05, 0.1) is 0 Å². The van der Waals surface area contributed by atoms with E-state index in [9.17, 15) is 0 Å². The maximum atomic E-state index is 6.73. The van der Waals surface area contributed by atoms with Crippen molar-refractivity contribution in [2.24, 2.45) is 0 Å². The molecule has 2 nitrogen and oxygen atoms in total. The molecule has 2 rings (SSSR count). The zero-order valence-electron chi connectivity index (χ0n) is 15.9. The molecule has 24 heavy (non-hydrogen) atoms. The summed E-state index contributed by atoms with van der Waals surface area (Å²) in [5.74, 6) is 4.54. The van der Waals surface area contributed by atoms with Crippen molar-refractivity contribution >= 4 is 8.32 Å². The van der Waals surface area contributed by atoms with Crippen LogP contribution in [0.1, 0.15) is 55.1 Å². The van der Waals surface area contributed by atoms with Gasteiger partial charge in [-0.05, 0) is 49.7 Å². The van der Waals surface area contributed by atoms with E-state index < -0.39 is 8.32 Å². The van der Waals surface area contributed by atoms with Crippen LogP contribution in [0, 0.1) is 26.2 Å². The minimum absolute atomic E-state index is 0.104. The van der Waals surface area contributed by atoms with Gasteiger partial charge >= 0.3 is 0 Å². The smallest absolute Gasteiger partial charge is 0.193 e. The van der Waals surface area contributed by atoms with E-state index in [1.807, 2.05) is 31.2 Å². The van der Waals surface area contributed by atoms with Gasteiger partial charge in [-0.3, -0.25) is 0 Å². The molecule has 0 aliphatic rings. The van der Waals surface area contributed by atoms with E-state index in [4.69, 9.17) is 15.3 Å². The van der Waals surface area contributed by atoms with Crippen LogP contribution in [0.25, 0.3) is 0 Å². The highest BCUT2D eigenvalue weighted by Crippen LogP contribution is 2.42. The Labute approximate surface area is 147 Å². The summed E-state index contributed by atoms with van der Waals surface area (Å²) in [5.41, 5.74) is 2.98. The molecular weight excluding hydrogens is 312 g/mol. The van der Waals surface area contributed by atoms with Crippen molar-refractivity contribution in [1.82, 2.24) is 0 Å². The van der Waals surface area contributed by atoms with E-state index in [2.05, 4.69) is 52.8 Å². The molecule has 128 valence electrons. The molecule has 0 radical (unpaired) electrons. The molecule has 1 aromatic heterocycles. The van der Waals surface area contributed by atoms with Crippen molar-refractivity contribution in [3.63, 3.8) is 0 Å². The first-order chi connectivity index (χ1) is 11.1. The summed E-state index contributed by atoms with van der Waals surface area (Å²) in [6.45, 7) is 15.3. The normalized spacial score (nSPS) is 13.6. The maximum absolute atomic E-state index is 6.73. The van der Waals surface area contributed by atoms with Gasteiger partial charge in [0.25, 0.3) is 0 Å². The maximum Gasteiger partial charge on any atom is 0.193 e. The van der Waals surface area contributed by atoms with E-state index in [1.54, 1.807) is 0 Å². The first-order valence-corrected chi connectivity index (χ1v) is 11.3. The largest absolute Gasteiger partial charge is 0.463 e. The van der Waals surface area contributed by atoms with Crippen LogP contribution in [0.5, 0.6) is 0 Å². The summed E-state index contributed by atoms with van der Waals surface area (Å²) in [5, 5.41) is 0.104. The molecule has 0 saturated carbocycles. The van der Waals surface area contributed by atoms with Crippen molar-refractivity contribution in [2.75, 3.05) is 0 Å². The second kappa shape index (κ2) is 6.62. The van der Waals surface area contributed by atoms with Gasteiger partial charge in [0.15, 0.2) is 8.32 Å². The number of furan rings is 1. The average molecular weight is 341 g/mol. The third-order valence-electron chi connectivity index (χ3n) is 5.06. The zero-order valence-corrected chi connectivity index (χ0v) is 16.9. The van der Waals surface area contributed by atoms with Crippen molar-refractivity contribution in [2.45, 2.75) is 58.9 Å². The van der Waals surface area contributed by atoms with Gasteiger partial charge in [0.2, 0.25) is 0 Å². The van der Waals surface area contributed by atoms with E-state index >= 15 is 0 Å². The quantitative estimate of drug-likeness (QED) is 0.504. The Kier molecular flexibility index (Phi) is 5.13. The SMILES string of the molecule is C#Cc1ccccc1C(O[Si](C)(C)C(C)(C)C)c1cc(C)c(C)o1. The van der Waals surface area contributed by atoms with Gasteiger partial charge in [-0.1, -0.05) is 44.9 Å². The summed E-state index contributed by atoms with van der Waals surface area (Å²) in [4.78, 5) is 0. The molecule has 0 aliphatic carbocycles. The monoisotopic (exact) mass is 340 g/mol. The lowest BCUT2D eigenvalue weighted by Crippen LogP contribution is -2.42. The number of hydrogen-bond acceptors (Lipinski definition) is 2. The molecule has 1 atom stereocenters.